The lowest BCUT2D eigenvalue weighted by Gasteiger charge is -2.39. The second-order valence-corrected chi connectivity index (χ2v) is 9.08. The first kappa shape index (κ1) is 20.6. The number of likely N-dealkylation sites (tertiary alicyclic amines) is 2. The van der Waals surface area contributed by atoms with Gasteiger partial charge in [0.15, 0.2) is 0 Å². The molecule has 164 valence electrons. The number of fused-ring (bicyclic) bond motifs is 3. The van der Waals surface area contributed by atoms with E-state index >= 15 is 0 Å². The summed E-state index contributed by atoms with van der Waals surface area (Å²) in [7, 11) is 0. The van der Waals surface area contributed by atoms with Crippen molar-refractivity contribution in [2.24, 2.45) is 0 Å². The molecule has 2 fully saturated rings. The van der Waals surface area contributed by atoms with Gasteiger partial charge in [-0.1, -0.05) is 0 Å². The van der Waals surface area contributed by atoms with Crippen molar-refractivity contribution in [1.82, 2.24) is 9.80 Å². The van der Waals surface area contributed by atoms with Crippen LogP contribution in [0.25, 0.3) is 0 Å². The highest BCUT2D eigenvalue weighted by Crippen LogP contribution is 2.48. The van der Waals surface area contributed by atoms with Crippen LogP contribution in [0.5, 0.6) is 0 Å². The zero-order valence-electron chi connectivity index (χ0n) is 17.8. The smallest absolute Gasteiger partial charge is 0.148 e. The van der Waals surface area contributed by atoms with Gasteiger partial charge >= 0.3 is 0 Å². The molecule has 0 saturated carbocycles. The third kappa shape index (κ3) is 4.23. The van der Waals surface area contributed by atoms with Crippen molar-refractivity contribution in [3.8, 4) is 0 Å². The molecule has 2 saturated heterocycles. The first-order chi connectivity index (χ1) is 15.1. The molecule has 2 aromatic carbocycles. The van der Waals surface area contributed by atoms with E-state index in [2.05, 4.69) is 14.7 Å². The van der Waals surface area contributed by atoms with Crippen LogP contribution in [-0.2, 0) is 4.79 Å². The van der Waals surface area contributed by atoms with Gasteiger partial charge in [0.25, 0.3) is 0 Å². The molecular weight excluding hydrogens is 396 g/mol. The Labute approximate surface area is 182 Å². The average Bonchev–Trinajstić information content (AvgIpc) is 3.32. The SMILES string of the molecule is O=C1CCN(CCCCN2CCC3C(C2)c2cc(F)ccc2N3c2ccc(F)cc2)C1. The number of hydrogen-bond acceptors (Lipinski definition) is 4. The minimum Gasteiger partial charge on any atom is -0.337 e. The monoisotopic (exact) mass is 425 g/mol. The van der Waals surface area contributed by atoms with Crippen molar-refractivity contribution in [3.05, 3.63) is 59.7 Å². The van der Waals surface area contributed by atoms with E-state index in [1.54, 1.807) is 6.07 Å². The Morgan fingerprint density at radius 2 is 1.65 bits per heavy atom. The lowest BCUT2D eigenvalue weighted by Crippen LogP contribution is -2.45. The quantitative estimate of drug-likeness (QED) is 0.644. The molecule has 2 unspecified atom stereocenters. The number of carbonyl (C=O) groups excluding carboxylic acids is 1. The summed E-state index contributed by atoms with van der Waals surface area (Å²) in [5, 5.41) is 0. The van der Waals surface area contributed by atoms with Gasteiger partial charge in [-0.15, -0.1) is 0 Å². The fraction of sp³-hybridized carbons (Fsp3) is 0.480. The molecule has 0 amide bonds. The number of benzene rings is 2. The summed E-state index contributed by atoms with van der Waals surface area (Å²) in [5.74, 6) is 0.170. The van der Waals surface area contributed by atoms with E-state index in [4.69, 9.17) is 0 Å². The Morgan fingerprint density at radius 1 is 0.903 bits per heavy atom. The van der Waals surface area contributed by atoms with Gasteiger partial charge in [0, 0.05) is 49.4 Å². The van der Waals surface area contributed by atoms with Crippen molar-refractivity contribution in [2.45, 2.75) is 37.6 Å². The molecule has 0 N–H and O–H groups in total. The molecule has 31 heavy (non-hydrogen) atoms. The van der Waals surface area contributed by atoms with E-state index in [9.17, 15) is 13.6 Å². The number of hydrogen-bond donors (Lipinski definition) is 0. The van der Waals surface area contributed by atoms with E-state index in [1.165, 1.54) is 18.2 Å². The second-order valence-electron chi connectivity index (χ2n) is 9.08. The summed E-state index contributed by atoms with van der Waals surface area (Å²) in [6.07, 6.45) is 3.92. The predicted octanol–water partition coefficient (Wildman–Crippen LogP) is 4.33. The van der Waals surface area contributed by atoms with Crippen molar-refractivity contribution in [3.63, 3.8) is 0 Å². The summed E-state index contributed by atoms with van der Waals surface area (Å²) in [6.45, 7) is 5.49. The van der Waals surface area contributed by atoms with Crippen LogP contribution in [0.1, 0.15) is 37.2 Å². The molecule has 5 rings (SSSR count). The molecule has 0 aromatic heterocycles. The highest BCUT2D eigenvalue weighted by Gasteiger charge is 2.42. The van der Waals surface area contributed by atoms with Gasteiger partial charge in [0.1, 0.15) is 17.4 Å². The number of carbonyl (C=O) groups is 1. The average molecular weight is 426 g/mol. The summed E-state index contributed by atoms with van der Waals surface area (Å²) in [6, 6.07) is 12.0. The topological polar surface area (TPSA) is 26.8 Å². The van der Waals surface area contributed by atoms with Gasteiger partial charge in [-0.25, -0.2) is 8.78 Å². The Balaban J connectivity index is 1.26. The molecule has 4 nitrogen and oxygen atoms in total. The highest BCUT2D eigenvalue weighted by molar-refractivity contribution is 5.82. The number of nitrogens with zero attached hydrogens (tertiary/aromatic N) is 3. The maximum Gasteiger partial charge on any atom is 0.148 e. The van der Waals surface area contributed by atoms with E-state index < -0.39 is 0 Å². The van der Waals surface area contributed by atoms with Gasteiger partial charge < -0.3 is 9.80 Å². The molecule has 3 aliphatic heterocycles. The first-order valence-electron chi connectivity index (χ1n) is 11.4. The Bertz CT molecular complexity index is 948. The second kappa shape index (κ2) is 8.67. The minimum absolute atomic E-state index is 0.198. The third-order valence-electron chi connectivity index (χ3n) is 7.05. The Kier molecular flexibility index (Phi) is 5.76. The van der Waals surface area contributed by atoms with Crippen LogP contribution in [0, 0.1) is 11.6 Å². The number of rotatable bonds is 6. The first-order valence-corrected chi connectivity index (χ1v) is 11.4. The standard InChI is InChI=1S/C25H29F2N3O/c26-18-3-6-20(7-4-18)30-24-8-5-19(27)15-22(24)23-17-29(14-10-25(23)30)12-2-1-11-28-13-9-21(31)16-28/h3-8,15,23,25H,1-2,9-14,16-17H2. The molecule has 2 atom stereocenters. The van der Waals surface area contributed by atoms with Gasteiger partial charge in [0.2, 0.25) is 0 Å². The van der Waals surface area contributed by atoms with Crippen LogP contribution < -0.4 is 4.90 Å². The highest BCUT2D eigenvalue weighted by atomic mass is 19.1. The zero-order chi connectivity index (χ0) is 21.4. The van der Waals surface area contributed by atoms with E-state index in [-0.39, 0.29) is 23.6 Å². The third-order valence-corrected chi connectivity index (χ3v) is 7.05. The van der Waals surface area contributed by atoms with Crippen LogP contribution in [0.2, 0.25) is 0 Å². The van der Waals surface area contributed by atoms with Gasteiger partial charge in [-0.2, -0.15) is 0 Å². The number of anilines is 2. The van der Waals surface area contributed by atoms with Crippen LogP contribution in [0.3, 0.4) is 0 Å². The minimum atomic E-state index is -0.244. The number of Topliss-reactive ketones (excluding diaryl/α,β-unsaturated/α-hetero) is 1. The van der Waals surface area contributed by atoms with Crippen LogP contribution in [0.15, 0.2) is 42.5 Å². The predicted molar refractivity (Wildman–Crippen MR) is 118 cm³/mol. The van der Waals surface area contributed by atoms with Gasteiger partial charge in [-0.05, 0) is 80.4 Å². The number of unbranched alkanes of at least 4 members (excludes halogenated alkanes) is 1. The molecule has 0 bridgehead atoms. The fourth-order valence-electron chi connectivity index (χ4n) is 5.53. The van der Waals surface area contributed by atoms with E-state index in [0.717, 1.165) is 68.9 Å². The van der Waals surface area contributed by atoms with Crippen molar-refractivity contribution >= 4 is 17.2 Å². The molecule has 6 heteroatoms. The largest absolute Gasteiger partial charge is 0.337 e. The Morgan fingerprint density at radius 3 is 2.39 bits per heavy atom. The van der Waals surface area contributed by atoms with Crippen LogP contribution in [0.4, 0.5) is 20.2 Å². The normalized spacial score (nSPS) is 23.9. The summed E-state index contributed by atoms with van der Waals surface area (Å²) in [5.41, 5.74) is 3.08. The van der Waals surface area contributed by atoms with Crippen molar-refractivity contribution < 1.29 is 13.6 Å². The molecule has 2 aromatic rings. The maximum absolute atomic E-state index is 14.1. The van der Waals surface area contributed by atoms with Crippen LogP contribution >= 0.6 is 0 Å². The van der Waals surface area contributed by atoms with E-state index in [0.29, 0.717) is 18.7 Å². The van der Waals surface area contributed by atoms with Crippen molar-refractivity contribution in [2.75, 3.05) is 44.2 Å². The summed E-state index contributed by atoms with van der Waals surface area (Å²) in [4.78, 5) is 18.4. The molecule has 0 spiro atoms. The maximum atomic E-state index is 14.1. The van der Waals surface area contributed by atoms with Gasteiger partial charge in [-0.3, -0.25) is 9.69 Å². The number of halogens is 2. The molecular formula is C25H29F2N3O. The lowest BCUT2D eigenvalue weighted by molar-refractivity contribution is -0.116. The van der Waals surface area contributed by atoms with Crippen LogP contribution in [-0.4, -0.2) is 60.9 Å². The molecule has 0 radical (unpaired) electrons. The van der Waals surface area contributed by atoms with E-state index in [1.807, 2.05) is 18.2 Å². The number of ketones is 1. The molecule has 3 heterocycles. The number of piperidine rings is 1. The van der Waals surface area contributed by atoms with Gasteiger partial charge in [0.05, 0.1) is 6.54 Å². The molecule has 0 aliphatic carbocycles. The lowest BCUT2D eigenvalue weighted by atomic mass is 9.89. The zero-order valence-corrected chi connectivity index (χ0v) is 17.8. The molecule has 3 aliphatic rings. The summed E-state index contributed by atoms with van der Waals surface area (Å²) >= 11 is 0. The summed E-state index contributed by atoms with van der Waals surface area (Å²) < 4.78 is 27.6. The fourth-order valence-corrected chi connectivity index (χ4v) is 5.53. The Hall–Kier alpha value is -2.31. The van der Waals surface area contributed by atoms with Crippen molar-refractivity contribution in [1.29, 1.82) is 0 Å².